The lowest BCUT2D eigenvalue weighted by molar-refractivity contribution is -0.133. The minimum absolute atomic E-state index is 0.00963. The summed E-state index contributed by atoms with van der Waals surface area (Å²) in [6.45, 7) is 2.77. The molecule has 1 aromatic carbocycles. The fourth-order valence-corrected chi connectivity index (χ4v) is 2.72. The molecule has 0 aliphatic carbocycles. The zero-order valence-corrected chi connectivity index (χ0v) is 12.1. The molecular weight excluding hydrogens is 294 g/mol. The Morgan fingerprint density at radius 1 is 1.50 bits per heavy atom. The maximum Gasteiger partial charge on any atom is 0.230 e. The SMILES string of the molecule is CC(C(=O)N1CCC[C@@H]1CO)c1ccc(Br)cc1. The number of aliphatic hydroxyl groups is 1. The van der Waals surface area contributed by atoms with Crippen LogP contribution in [0.4, 0.5) is 0 Å². The van der Waals surface area contributed by atoms with Crippen molar-refractivity contribution in [3.8, 4) is 0 Å². The van der Waals surface area contributed by atoms with Gasteiger partial charge in [0.2, 0.25) is 5.91 Å². The molecule has 2 rings (SSSR count). The summed E-state index contributed by atoms with van der Waals surface area (Å²) in [5.74, 6) is -0.0286. The summed E-state index contributed by atoms with van der Waals surface area (Å²) in [7, 11) is 0. The van der Waals surface area contributed by atoms with Crippen LogP contribution in [-0.2, 0) is 4.79 Å². The molecule has 0 saturated carbocycles. The van der Waals surface area contributed by atoms with E-state index in [9.17, 15) is 9.90 Å². The Morgan fingerprint density at radius 3 is 2.78 bits per heavy atom. The Hall–Kier alpha value is -0.870. The van der Waals surface area contributed by atoms with Gasteiger partial charge in [0.05, 0.1) is 18.6 Å². The second kappa shape index (κ2) is 5.85. The number of rotatable bonds is 3. The fraction of sp³-hybridized carbons (Fsp3) is 0.500. The molecule has 1 saturated heterocycles. The normalized spacial score (nSPS) is 21.1. The highest BCUT2D eigenvalue weighted by Gasteiger charge is 2.31. The van der Waals surface area contributed by atoms with Crippen molar-refractivity contribution in [3.05, 3.63) is 34.3 Å². The Balaban J connectivity index is 2.11. The molecule has 1 heterocycles. The Kier molecular flexibility index (Phi) is 4.40. The van der Waals surface area contributed by atoms with Crippen LogP contribution < -0.4 is 0 Å². The number of hydrogen-bond donors (Lipinski definition) is 1. The van der Waals surface area contributed by atoms with Crippen molar-refractivity contribution in [2.45, 2.75) is 31.7 Å². The first kappa shape index (κ1) is 13.6. The number of carbonyl (C=O) groups excluding carboxylic acids is 1. The number of halogens is 1. The lowest BCUT2D eigenvalue weighted by Gasteiger charge is -2.26. The molecule has 0 spiro atoms. The van der Waals surface area contributed by atoms with E-state index in [1.165, 1.54) is 0 Å². The van der Waals surface area contributed by atoms with E-state index < -0.39 is 0 Å². The Morgan fingerprint density at radius 2 is 2.17 bits per heavy atom. The lowest BCUT2D eigenvalue weighted by Crippen LogP contribution is -2.39. The van der Waals surface area contributed by atoms with E-state index in [2.05, 4.69) is 15.9 Å². The molecule has 1 N–H and O–H groups in total. The average Bonchev–Trinajstić information content (AvgIpc) is 2.86. The predicted molar refractivity (Wildman–Crippen MR) is 74.4 cm³/mol. The van der Waals surface area contributed by atoms with Crippen molar-refractivity contribution in [3.63, 3.8) is 0 Å². The van der Waals surface area contributed by atoms with Gasteiger partial charge in [-0.3, -0.25) is 4.79 Å². The summed E-state index contributed by atoms with van der Waals surface area (Å²) in [5, 5.41) is 9.27. The van der Waals surface area contributed by atoms with Crippen LogP contribution in [0.3, 0.4) is 0 Å². The second-order valence-electron chi connectivity index (χ2n) is 4.78. The summed E-state index contributed by atoms with van der Waals surface area (Å²) >= 11 is 3.39. The smallest absolute Gasteiger partial charge is 0.230 e. The molecule has 1 aliphatic rings. The average molecular weight is 312 g/mol. The third-order valence-corrected chi connectivity index (χ3v) is 4.14. The lowest BCUT2D eigenvalue weighted by atomic mass is 9.99. The number of amides is 1. The van der Waals surface area contributed by atoms with Gasteiger partial charge in [-0.1, -0.05) is 28.1 Å². The van der Waals surface area contributed by atoms with Crippen LogP contribution in [0.15, 0.2) is 28.7 Å². The Labute approximate surface area is 116 Å². The second-order valence-corrected chi connectivity index (χ2v) is 5.70. The molecule has 1 aliphatic heterocycles. The first-order valence-corrected chi connectivity index (χ1v) is 7.09. The van der Waals surface area contributed by atoms with Crippen LogP contribution in [0.25, 0.3) is 0 Å². The predicted octanol–water partition coefficient (Wildman–Crippen LogP) is 2.54. The summed E-state index contributed by atoms with van der Waals surface area (Å²) in [6.07, 6.45) is 1.90. The van der Waals surface area contributed by atoms with Gasteiger partial charge in [-0.2, -0.15) is 0 Å². The van der Waals surface area contributed by atoms with Crippen LogP contribution in [-0.4, -0.2) is 35.1 Å². The minimum Gasteiger partial charge on any atom is -0.394 e. The topological polar surface area (TPSA) is 40.5 Å². The quantitative estimate of drug-likeness (QED) is 0.932. The van der Waals surface area contributed by atoms with E-state index in [1.54, 1.807) is 0 Å². The van der Waals surface area contributed by atoms with Gasteiger partial charge in [0, 0.05) is 11.0 Å². The third-order valence-electron chi connectivity index (χ3n) is 3.61. The summed E-state index contributed by atoms with van der Waals surface area (Å²) in [4.78, 5) is 14.2. The van der Waals surface area contributed by atoms with Crippen molar-refractivity contribution in [2.75, 3.05) is 13.2 Å². The zero-order valence-electron chi connectivity index (χ0n) is 10.5. The number of benzene rings is 1. The highest BCUT2D eigenvalue weighted by molar-refractivity contribution is 9.10. The van der Waals surface area contributed by atoms with Crippen LogP contribution in [0, 0.1) is 0 Å². The number of nitrogens with zero attached hydrogens (tertiary/aromatic N) is 1. The molecular formula is C14H18BrNO2. The van der Waals surface area contributed by atoms with Gasteiger partial charge in [-0.25, -0.2) is 0 Å². The molecule has 0 radical (unpaired) electrons. The maximum atomic E-state index is 12.4. The number of carbonyl (C=O) groups is 1. The van der Waals surface area contributed by atoms with Gasteiger partial charge in [0.15, 0.2) is 0 Å². The molecule has 1 amide bonds. The highest BCUT2D eigenvalue weighted by atomic mass is 79.9. The van der Waals surface area contributed by atoms with E-state index in [0.29, 0.717) is 0 Å². The van der Waals surface area contributed by atoms with Crippen LogP contribution in [0.2, 0.25) is 0 Å². The van der Waals surface area contributed by atoms with E-state index >= 15 is 0 Å². The molecule has 0 bridgehead atoms. The van der Waals surface area contributed by atoms with Gasteiger partial charge < -0.3 is 10.0 Å². The van der Waals surface area contributed by atoms with E-state index in [1.807, 2.05) is 36.1 Å². The van der Waals surface area contributed by atoms with Crippen LogP contribution in [0.5, 0.6) is 0 Å². The largest absolute Gasteiger partial charge is 0.394 e. The molecule has 2 atom stereocenters. The van der Waals surface area contributed by atoms with Gasteiger partial charge in [0.25, 0.3) is 0 Å². The van der Waals surface area contributed by atoms with Gasteiger partial charge in [0.1, 0.15) is 0 Å². The number of aliphatic hydroxyl groups excluding tert-OH is 1. The maximum absolute atomic E-state index is 12.4. The first-order chi connectivity index (χ1) is 8.63. The summed E-state index contributed by atoms with van der Waals surface area (Å²) < 4.78 is 1.01. The minimum atomic E-state index is -0.148. The van der Waals surface area contributed by atoms with Gasteiger partial charge in [-0.15, -0.1) is 0 Å². The number of likely N-dealkylation sites (tertiary alicyclic amines) is 1. The van der Waals surface area contributed by atoms with Crippen LogP contribution in [0.1, 0.15) is 31.2 Å². The molecule has 0 aromatic heterocycles. The standard InChI is InChI=1S/C14H18BrNO2/c1-10(11-4-6-12(15)7-5-11)14(18)16-8-2-3-13(16)9-17/h4-7,10,13,17H,2-3,8-9H2,1H3/t10?,13-/m1/s1. The molecule has 98 valence electrons. The summed E-state index contributed by atoms with van der Waals surface area (Å²) in [6, 6.07) is 7.85. The van der Waals surface area contributed by atoms with Crippen molar-refractivity contribution in [1.82, 2.24) is 4.90 Å². The van der Waals surface area contributed by atoms with Gasteiger partial charge in [-0.05, 0) is 37.5 Å². The molecule has 1 aromatic rings. The van der Waals surface area contributed by atoms with Crippen molar-refractivity contribution in [2.24, 2.45) is 0 Å². The first-order valence-electron chi connectivity index (χ1n) is 6.30. The number of hydrogen-bond acceptors (Lipinski definition) is 2. The molecule has 1 unspecified atom stereocenters. The third kappa shape index (κ3) is 2.75. The fourth-order valence-electron chi connectivity index (χ4n) is 2.46. The van der Waals surface area contributed by atoms with Crippen LogP contribution >= 0.6 is 15.9 Å². The Bertz CT molecular complexity index is 418. The zero-order chi connectivity index (χ0) is 13.1. The van der Waals surface area contributed by atoms with Gasteiger partial charge >= 0.3 is 0 Å². The van der Waals surface area contributed by atoms with E-state index in [0.717, 1.165) is 29.4 Å². The highest BCUT2D eigenvalue weighted by Crippen LogP contribution is 2.25. The molecule has 3 nitrogen and oxygen atoms in total. The van der Waals surface area contributed by atoms with E-state index in [-0.39, 0.29) is 24.5 Å². The van der Waals surface area contributed by atoms with E-state index in [4.69, 9.17) is 0 Å². The summed E-state index contributed by atoms with van der Waals surface area (Å²) in [5.41, 5.74) is 1.02. The molecule has 18 heavy (non-hydrogen) atoms. The van der Waals surface area contributed by atoms with Crippen molar-refractivity contribution in [1.29, 1.82) is 0 Å². The monoisotopic (exact) mass is 311 g/mol. The molecule has 4 heteroatoms. The van der Waals surface area contributed by atoms with Crippen molar-refractivity contribution < 1.29 is 9.90 Å². The van der Waals surface area contributed by atoms with Crippen molar-refractivity contribution >= 4 is 21.8 Å². The molecule has 1 fully saturated rings.